The Hall–Kier alpha value is -1.49. The van der Waals surface area contributed by atoms with Crippen LogP contribution in [-0.2, 0) is 0 Å². The number of hydrogen-bond acceptors (Lipinski definition) is 3. The summed E-state index contributed by atoms with van der Waals surface area (Å²) in [5.41, 5.74) is 1.65. The van der Waals surface area contributed by atoms with Gasteiger partial charge in [0.25, 0.3) is 5.91 Å². The van der Waals surface area contributed by atoms with E-state index in [4.69, 9.17) is 5.84 Å². The van der Waals surface area contributed by atoms with Crippen LogP contribution in [0.15, 0.2) is 18.3 Å². The lowest BCUT2D eigenvalue weighted by atomic mass is 10.3. The highest BCUT2D eigenvalue weighted by molar-refractivity contribution is 5.93. The van der Waals surface area contributed by atoms with E-state index in [1.165, 1.54) is 18.3 Å². The van der Waals surface area contributed by atoms with E-state index in [-0.39, 0.29) is 5.56 Å². The quantitative estimate of drug-likeness (QED) is 0.256. The van der Waals surface area contributed by atoms with Crippen LogP contribution < -0.4 is 11.3 Å². The van der Waals surface area contributed by atoms with Crippen molar-refractivity contribution in [2.75, 3.05) is 0 Å². The summed E-state index contributed by atoms with van der Waals surface area (Å²) in [6.07, 6.45) is 1.25. The third-order valence-electron chi connectivity index (χ3n) is 1.13. The molecule has 0 fully saturated rings. The minimum atomic E-state index is -0.824. The lowest BCUT2D eigenvalue weighted by Gasteiger charge is -1.97. The molecule has 4 nitrogen and oxygen atoms in total. The van der Waals surface area contributed by atoms with Crippen molar-refractivity contribution in [3.05, 3.63) is 29.8 Å². The number of nitrogens with one attached hydrogen (secondary N) is 1. The molecule has 1 heterocycles. The Kier molecular flexibility index (Phi) is 2.12. The van der Waals surface area contributed by atoms with Crippen LogP contribution in [0.1, 0.15) is 10.4 Å². The number of nitrogens with two attached hydrogens (primary N) is 1. The van der Waals surface area contributed by atoms with Gasteiger partial charge in [-0.15, -0.1) is 0 Å². The maximum Gasteiger partial charge on any atom is 0.269 e. The maximum absolute atomic E-state index is 12.6. The third-order valence-corrected chi connectivity index (χ3v) is 1.13. The second-order valence-corrected chi connectivity index (χ2v) is 1.82. The molecule has 0 saturated heterocycles. The zero-order valence-electron chi connectivity index (χ0n) is 5.54. The highest BCUT2D eigenvalue weighted by Crippen LogP contribution is 2.01. The smallest absolute Gasteiger partial charge is 0.269 e. The topological polar surface area (TPSA) is 68.0 Å². The molecule has 1 rings (SSSR count). The SMILES string of the molecule is NNC(=O)c1cccnc1F. The number of carbonyl (C=O) groups is 1. The summed E-state index contributed by atoms with van der Waals surface area (Å²) in [5, 5.41) is 0. The average molecular weight is 155 g/mol. The molecule has 0 aliphatic carbocycles. The minimum absolute atomic E-state index is 0.157. The molecule has 0 aliphatic rings. The van der Waals surface area contributed by atoms with Gasteiger partial charge in [0, 0.05) is 6.20 Å². The van der Waals surface area contributed by atoms with Gasteiger partial charge in [-0.3, -0.25) is 10.2 Å². The molecule has 1 aromatic rings. The molecule has 0 atom stereocenters. The van der Waals surface area contributed by atoms with Crippen molar-refractivity contribution in [2.24, 2.45) is 5.84 Å². The third kappa shape index (κ3) is 1.50. The summed E-state index contributed by atoms with van der Waals surface area (Å²) in [4.78, 5) is 14.0. The Bertz CT molecular complexity index is 276. The molecule has 58 valence electrons. The Morgan fingerprint density at radius 2 is 2.45 bits per heavy atom. The first-order valence-electron chi connectivity index (χ1n) is 2.87. The fraction of sp³-hybridized carbons (Fsp3) is 0. The van der Waals surface area contributed by atoms with Gasteiger partial charge in [0.1, 0.15) is 0 Å². The molecule has 3 N–H and O–H groups in total. The van der Waals surface area contributed by atoms with Gasteiger partial charge in [-0.1, -0.05) is 0 Å². The van der Waals surface area contributed by atoms with Crippen molar-refractivity contribution >= 4 is 5.91 Å². The van der Waals surface area contributed by atoms with Gasteiger partial charge in [0.15, 0.2) is 0 Å². The van der Waals surface area contributed by atoms with Gasteiger partial charge in [0.2, 0.25) is 5.95 Å². The highest BCUT2D eigenvalue weighted by atomic mass is 19.1. The summed E-state index contributed by atoms with van der Waals surface area (Å²) in [6.45, 7) is 0. The Balaban J connectivity index is 3.03. The van der Waals surface area contributed by atoms with E-state index in [0.29, 0.717) is 0 Å². The number of hydrogen-bond donors (Lipinski definition) is 2. The summed E-state index contributed by atoms with van der Waals surface area (Å²) < 4.78 is 12.6. The summed E-state index contributed by atoms with van der Waals surface area (Å²) in [5.74, 6) is 3.27. The normalized spacial score (nSPS) is 9.27. The van der Waals surface area contributed by atoms with E-state index >= 15 is 0 Å². The molecule has 0 aromatic carbocycles. The van der Waals surface area contributed by atoms with Gasteiger partial charge < -0.3 is 0 Å². The van der Waals surface area contributed by atoms with Crippen LogP contribution in [0.25, 0.3) is 0 Å². The Morgan fingerprint density at radius 3 is 3.00 bits per heavy atom. The monoisotopic (exact) mass is 155 g/mol. The second-order valence-electron chi connectivity index (χ2n) is 1.82. The lowest BCUT2D eigenvalue weighted by Crippen LogP contribution is -2.30. The van der Waals surface area contributed by atoms with Crippen molar-refractivity contribution in [3.63, 3.8) is 0 Å². The molecule has 1 aromatic heterocycles. The van der Waals surface area contributed by atoms with Crippen LogP contribution in [0, 0.1) is 5.95 Å². The van der Waals surface area contributed by atoms with Crippen LogP contribution >= 0.6 is 0 Å². The zero-order chi connectivity index (χ0) is 8.27. The van der Waals surface area contributed by atoms with E-state index in [1.54, 1.807) is 5.43 Å². The maximum atomic E-state index is 12.6. The zero-order valence-corrected chi connectivity index (χ0v) is 5.54. The molecular weight excluding hydrogens is 149 g/mol. The molecule has 0 bridgehead atoms. The molecule has 0 saturated carbocycles. The molecule has 1 amide bonds. The number of rotatable bonds is 1. The Morgan fingerprint density at radius 1 is 1.73 bits per heavy atom. The van der Waals surface area contributed by atoms with Crippen molar-refractivity contribution in [1.29, 1.82) is 0 Å². The number of pyridine rings is 1. The molecule has 11 heavy (non-hydrogen) atoms. The van der Waals surface area contributed by atoms with Crippen molar-refractivity contribution in [3.8, 4) is 0 Å². The van der Waals surface area contributed by atoms with Crippen molar-refractivity contribution in [1.82, 2.24) is 10.4 Å². The van der Waals surface area contributed by atoms with Crippen molar-refractivity contribution < 1.29 is 9.18 Å². The largest absolute Gasteiger partial charge is 0.290 e. The van der Waals surface area contributed by atoms with Gasteiger partial charge in [-0.2, -0.15) is 4.39 Å². The van der Waals surface area contributed by atoms with E-state index in [1.807, 2.05) is 0 Å². The van der Waals surface area contributed by atoms with Crippen LogP contribution in [0.2, 0.25) is 0 Å². The predicted molar refractivity (Wildman–Crippen MR) is 35.8 cm³/mol. The van der Waals surface area contributed by atoms with E-state index < -0.39 is 11.9 Å². The van der Waals surface area contributed by atoms with E-state index in [2.05, 4.69) is 4.98 Å². The lowest BCUT2D eigenvalue weighted by molar-refractivity contribution is 0.0948. The van der Waals surface area contributed by atoms with Crippen LogP contribution in [0.5, 0.6) is 0 Å². The molecule has 0 spiro atoms. The summed E-state index contributed by atoms with van der Waals surface area (Å²) in [6, 6.07) is 2.75. The summed E-state index contributed by atoms with van der Waals surface area (Å²) in [7, 11) is 0. The number of nitrogen functional groups attached to an aromatic ring is 1. The molecule has 0 unspecified atom stereocenters. The first kappa shape index (κ1) is 7.62. The molecular formula is C6H6FN3O. The van der Waals surface area contributed by atoms with Crippen LogP contribution in [0.4, 0.5) is 4.39 Å². The number of amides is 1. The first-order valence-corrected chi connectivity index (χ1v) is 2.87. The minimum Gasteiger partial charge on any atom is -0.290 e. The van der Waals surface area contributed by atoms with Gasteiger partial charge in [0.05, 0.1) is 5.56 Å². The fourth-order valence-corrected chi connectivity index (χ4v) is 0.633. The highest BCUT2D eigenvalue weighted by Gasteiger charge is 2.08. The number of carbonyl (C=O) groups excluding carboxylic acids is 1. The van der Waals surface area contributed by atoms with Crippen molar-refractivity contribution in [2.45, 2.75) is 0 Å². The first-order chi connectivity index (χ1) is 5.25. The van der Waals surface area contributed by atoms with Crippen LogP contribution in [-0.4, -0.2) is 10.9 Å². The molecule has 0 radical (unpaired) electrons. The second kappa shape index (κ2) is 3.07. The van der Waals surface area contributed by atoms with Gasteiger partial charge in [-0.25, -0.2) is 10.8 Å². The number of nitrogens with zero attached hydrogens (tertiary/aromatic N) is 1. The van der Waals surface area contributed by atoms with Gasteiger partial charge in [-0.05, 0) is 12.1 Å². The number of halogens is 1. The fourth-order valence-electron chi connectivity index (χ4n) is 0.633. The molecule has 5 heteroatoms. The summed E-state index contributed by atoms with van der Waals surface area (Å²) >= 11 is 0. The van der Waals surface area contributed by atoms with E-state index in [0.717, 1.165) is 0 Å². The van der Waals surface area contributed by atoms with Crippen LogP contribution in [0.3, 0.4) is 0 Å². The molecule has 0 aliphatic heterocycles. The number of aromatic nitrogens is 1. The van der Waals surface area contributed by atoms with Gasteiger partial charge >= 0.3 is 0 Å². The number of hydrazine groups is 1. The Labute approximate surface area is 62.2 Å². The average Bonchev–Trinajstić information content (AvgIpc) is 2.04. The standard InChI is InChI=1S/C6H6FN3O/c7-5-4(6(11)10-8)2-1-3-9-5/h1-3H,8H2,(H,10,11). The predicted octanol–water partition coefficient (Wildman–Crippen LogP) is -0.176. The van der Waals surface area contributed by atoms with E-state index in [9.17, 15) is 9.18 Å².